The van der Waals surface area contributed by atoms with Crippen molar-refractivity contribution in [3.63, 3.8) is 0 Å². The minimum Gasteiger partial charge on any atom is -0.506 e. The monoisotopic (exact) mass is 237 g/mol. The summed E-state index contributed by atoms with van der Waals surface area (Å²) < 4.78 is 5.54. The molecule has 1 aromatic rings. The van der Waals surface area contributed by atoms with Gasteiger partial charge in [-0.1, -0.05) is 45.1 Å². The highest BCUT2D eigenvalue weighted by Gasteiger charge is 2.03. The van der Waals surface area contributed by atoms with Crippen LogP contribution in [-0.4, -0.2) is 11.7 Å². The van der Waals surface area contributed by atoms with Crippen LogP contribution in [0.1, 0.15) is 45.4 Å². The Balaban J connectivity index is 2.16. The van der Waals surface area contributed by atoms with E-state index in [0.717, 1.165) is 6.42 Å². The minimum absolute atomic E-state index is 0.0884. The van der Waals surface area contributed by atoms with Crippen molar-refractivity contribution >= 4 is 5.69 Å². The van der Waals surface area contributed by atoms with E-state index in [0.29, 0.717) is 18.0 Å². The summed E-state index contributed by atoms with van der Waals surface area (Å²) in [5.74, 6) is 0.670. The fraction of sp³-hybridized carbons (Fsp3) is 0.571. The first-order chi connectivity index (χ1) is 8.25. The first-order valence-electron chi connectivity index (χ1n) is 6.46. The van der Waals surface area contributed by atoms with Gasteiger partial charge in [0, 0.05) is 0 Å². The summed E-state index contributed by atoms with van der Waals surface area (Å²) in [5.41, 5.74) is 6.02. The number of benzene rings is 1. The van der Waals surface area contributed by atoms with Crippen molar-refractivity contribution in [2.75, 3.05) is 12.3 Å². The lowest BCUT2D eigenvalue weighted by Gasteiger charge is -2.09. The van der Waals surface area contributed by atoms with Gasteiger partial charge in [-0.3, -0.25) is 0 Å². The van der Waals surface area contributed by atoms with Crippen LogP contribution in [0.4, 0.5) is 5.69 Å². The van der Waals surface area contributed by atoms with Gasteiger partial charge in [-0.2, -0.15) is 0 Å². The lowest BCUT2D eigenvalue weighted by atomic mass is 10.1. The molecule has 17 heavy (non-hydrogen) atoms. The Hall–Kier alpha value is -1.38. The van der Waals surface area contributed by atoms with Gasteiger partial charge in [0.15, 0.2) is 0 Å². The van der Waals surface area contributed by atoms with E-state index in [-0.39, 0.29) is 5.75 Å². The predicted octanol–water partition coefficient (Wildman–Crippen LogP) is 3.71. The number of phenolic OH excluding ortho intramolecular Hbond substituents is 1. The molecule has 0 aliphatic rings. The average Bonchev–Trinajstić information content (AvgIpc) is 2.33. The maximum absolute atomic E-state index is 9.39. The zero-order valence-corrected chi connectivity index (χ0v) is 10.6. The molecule has 0 atom stereocenters. The molecular formula is C14H23NO2. The van der Waals surface area contributed by atoms with Gasteiger partial charge in [0.1, 0.15) is 17.2 Å². The quantitative estimate of drug-likeness (QED) is 0.411. The second-order valence-corrected chi connectivity index (χ2v) is 4.31. The molecule has 0 fully saturated rings. The number of hydrogen-bond acceptors (Lipinski definition) is 3. The van der Waals surface area contributed by atoms with Crippen LogP contribution in [0, 0.1) is 0 Å². The lowest BCUT2D eigenvalue weighted by Crippen LogP contribution is -2.00. The molecule has 96 valence electrons. The van der Waals surface area contributed by atoms with E-state index in [2.05, 4.69) is 6.92 Å². The Kier molecular flexibility index (Phi) is 6.30. The Morgan fingerprint density at radius 1 is 1.12 bits per heavy atom. The summed E-state index contributed by atoms with van der Waals surface area (Å²) in [5, 5.41) is 9.39. The van der Waals surface area contributed by atoms with Gasteiger partial charge in [-0.25, -0.2) is 0 Å². The first kappa shape index (κ1) is 13.7. The molecule has 3 nitrogen and oxygen atoms in total. The third-order valence-corrected chi connectivity index (χ3v) is 2.80. The molecule has 0 saturated heterocycles. The highest BCUT2D eigenvalue weighted by Crippen LogP contribution is 2.29. The van der Waals surface area contributed by atoms with Crippen LogP contribution in [0.15, 0.2) is 18.2 Å². The smallest absolute Gasteiger partial charge is 0.145 e. The van der Waals surface area contributed by atoms with Crippen LogP contribution in [-0.2, 0) is 0 Å². The van der Waals surface area contributed by atoms with Crippen molar-refractivity contribution in [3.8, 4) is 11.5 Å². The first-order valence-corrected chi connectivity index (χ1v) is 6.46. The Labute approximate surface area is 104 Å². The average molecular weight is 237 g/mol. The van der Waals surface area contributed by atoms with Crippen LogP contribution in [0.5, 0.6) is 11.5 Å². The zero-order chi connectivity index (χ0) is 12.5. The molecule has 3 heteroatoms. The second kappa shape index (κ2) is 7.82. The van der Waals surface area contributed by atoms with E-state index in [4.69, 9.17) is 10.5 Å². The van der Waals surface area contributed by atoms with Crippen molar-refractivity contribution in [1.82, 2.24) is 0 Å². The fourth-order valence-electron chi connectivity index (χ4n) is 1.72. The number of ether oxygens (including phenoxy) is 1. The minimum atomic E-state index is 0.0884. The molecule has 0 bridgehead atoms. The maximum Gasteiger partial charge on any atom is 0.145 e. The number of para-hydroxylation sites is 1. The predicted molar refractivity (Wildman–Crippen MR) is 71.4 cm³/mol. The second-order valence-electron chi connectivity index (χ2n) is 4.31. The molecule has 0 saturated carbocycles. The van der Waals surface area contributed by atoms with Gasteiger partial charge in [0.25, 0.3) is 0 Å². The maximum atomic E-state index is 9.39. The van der Waals surface area contributed by atoms with Crippen molar-refractivity contribution in [1.29, 1.82) is 0 Å². The standard InChI is InChI=1S/C14H23NO2/c1-2-3-4-5-6-7-11-17-13-10-8-9-12(16)14(13)15/h8-10,16H,2-7,11,15H2,1H3. The van der Waals surface area contributed by atoms with Gasteiger partial charge >= 0.3 is 0 Å². The molecule has 0 aliphatic heterocycles. The summed E-state index contributed by atoms with van der Waals surface area (Å²) in [6.07, 6.45) is 7.41. The summed E-state index contributed by atoms with van der Waals surface area (Å²) in [7, 11) is 0. The van der Waals surface area contributed by atoms with Crippen molar-refractivity contribution in [2.45, 2.75) is 45.4 Å². The Bertz CT molecular complexity index is 326. The largest absolute Gasteiger partial charge is 0.506 e. The number of nitrogen functional groups attached to an aromatic ring is 1. The summed E-state index contributed by atoms with van der Waals surface area (Å²) in [6, 6.07) is 5.08. The number of unbranched alkanes of at least 4 members (excludes halogenated alkanes) is 5. The summed E-state index contributed by atoms with van der Waals surface area (Å²) in [4.78, 5) is 0. The molecule has 3 N–H and O–H groups in total. The third-order valence-electron chi connectivity index (χ3n) is 2.80. The van der Waals surface area contributed by atoms with Crippen molar-refractivity contribution in [3.05, 3.63) is 18.2 Å². The molecule has 0 aliphatic carbocycles. The molecule has 0 unspecified atom stereocenters. The summed E-state index contributed by atoms with van der Waals surface area (Å²) >= 11 is 0. The van der Waals surface area contributed by atoms with Crippen molar-refractivity contribution in [2.24, 2.45) is 0 Å². The third kappa shape index (κ3) is 4.98. The van der Waals surface area contributed by atoms with Crippen LogP contribution in [0.3, 0.4) is 0 Å². The van der Waals surface area contributed by atoms with Crippen LogP contribution in [0.2, 0.25) is 0 Å². The van der Waals surface area contributed by atoms with E-state index in [9.17, 15) is 5.11 Å². The van der Waals surface area contributed by atoms with Crippen LogP contribution in [0.25, 0.3) is 0 Å². The molecule has 0 aromatic heterocycles. The van der Waals surface area contributed by atoms with Gasteiger partial charge < -0.3 is 15.6 Å². The number of rotatable bonds is 8. The normalized spacial score (nSPS) is 10.4. The molecule has 1 rings (SSSR count). The lowest BCUT2D eigenvalue weighted by molar-refractivity contribution is 0.304. The molecule has 0 radical (unpaired) electrons. The molecule has 1 aromatic carbocycles. The van der Waals surface area contributed by atoms with E-state index in [1.54, 1.807) is 18.2 Å². The van der Waals surface area contributed by atoms with Crippen LogP contribution < -0.4 is 10.5 Å². The van der Waals surface area contributed by atoms with Gasteiger partial charge in [0.05, 0.1) is 6.61 Å². The number of anilines is 1. The SMILES string of the molecule is CCCCCCCCOc1cccc(O)c1N. The highest BCUT2D eigenvalue weighted by molar-refractivity contribution is 5.61. The van der Waals surface area contributed by atoms with Gasteiger partial charge in [-0.05, 0) is 18.6 Å². The topological polar surface area (TPSA) is 55.5 Å². The van der Waals surface area contributed by atoms with Gasteiger partial charge in [-0.15, -0.1) is 0 Å². The Morgan fingerprint density at radius 2 is 1.82 bits per heavy atom. The molecular weight excluding hydrogens is 214 g/mol. The van der Waals surface area contributed by atoms with E-state index in [1.165, 1.54) is 32.1 Å². The Morgan fingerprint density at radius 3 is 2.59 bits per heavy atom. The van der Waals surface area contributed by atoms with E-state index < -0.39 is 0 Å². The zero-order valence-electron chi connectivity index (χ0n) is 10.6. The number of aromatic hydroxyl groups is 1. The number of nitrogens with two attached hydrogens (primary N) is 1. The van der Waals surface area contributed by atoms with E-state index in [1.807, 2.05) is 0 Å². The van der Waals surface area contributed by atoms with Gasteiger partial charge in [0.2, 0.25) is 0 Å². The highest BCUT2D eigenvalue weighted by atomic mass is 16.5. The molecule has 0 heterocycles. The fourth-order valence-corrected chi connectivity index (χ4v) is 1.72. The summed E-state index contributed by atoms with van der Waals surface area (Å²) in [6.45, 7) is 2.88. The van der Waals surface area contributed by atoms with Crippen molar-refractivity contribution < 1.29 is 9.84 Å². The van der Waals surface area contributed by atoms with E-state index >= 15 is 0 Å². The number of phenols is 1. The molecule has 0 spiro atoms. The number of hydrogen-bond donors (Lipinski definition) is 2. The van der Waals surface area contributed by atoms with Crippen LogP contribution >= 0.6 is 0 Å². The molecule has 0 amide bonds.